The molecule has 0 saturated carbocycles. The lowest BCUT2D eigenvalue weighted by molar-refractivity contribution is 0.100. The van der Waals surface area contributed by atoms with E-state index in [1.54, 1.807) is 0 Å². The van der Waals surface area contributed by atoms with Crippen LogP contribution in [-0.2, 0) is 4.74 Å². The van der Waals surface area contributed by atoms with Gasteiger partial charge in [0, 0.05) is 13.1 Å². The molecule has 20 heavy (non-hydrogen) atoms. The predicted molar refractivity (Wildman–Crippen MR) is 73.3 cm³/mol. The van der Waals surface area contributed by atoms with Crippen molar-refractivity contribution in [3.05, 3.63) is 17.8 Å². The van der Waals surface area contributed by atoms with Gasteiger partial charge in [-0.25, -0.2) is 9.78 Å². The van der Waals surface area contributed by atoms with E-state index in [-0.39, 0.29) is 11.6 Å². The molecular formula is C12H17N5O3. The number of carbonyl (C=O) groups excluding carboxylic acids is 2. The smallest absolute Gasteiger partial charge is 0.407 e. The fourth-order valence-electron chi connectivity index (χ4n) is 2.20. The van der Waals surface area contributed by atoms with Crippen LogP contribution >= 0.6 is 0 Å². The van der Waals surface area contributed by atoms with Gasteiger partial charge in [-0.2, -0.15) is 0 Å². The SMILES string of the molecule is COC(=O)NC1CCN(c2ncc(N)cc2C(N)=O)C1. The summed E-state index contributed by atoms with van der Waals surface area (Å²) in [5, 5.41) is 2.72. The number of carbonyl (C=O) groups is 2. The molecule has 0 aromatic carbocycles. The first-order valence-electron chi connectivity index (χ1n) is 6.16. The Morgan fingerprint density at radius 1 is 1.55 bits per heavy atom. The molecule has 0 radical (unpaired) electrons. The zero-order valence-electron chi connectivity index (χ0n) is 11.1. The van der Waals surface area contributed by atoms with Crippen LogP contribution in [0.15, 0.2) is 12.3 Å². The number of primary amides is 1. The van der Waals surface area contributed by atoms with Crippen LogP contribution in [0.3, 0.4) is 0 Å². The third kappa shape index (κ3) is 2.90. The van der Waals surface area contributed by atoms with Gasteiger partial charge in [-0.1, -0.05) is 0 Å². The number of nitrogen functional groups attached to an aromatic ring is 1. The monoisotopic (exact) mass is 279 g/mol. The number of ether oxygens (including phenoxy) is 1. The van der Waals surface area contributed by atoms with Gasteiger partial charge in [-0.05, 0) is 12.5 Å². The number of hydrogen-bond donors (Lipinski definition) is 3. The average molecular weight is 279 g/mol. The van der Waals surface area contributed by atoms with Crippen LogP contribution in [0.5, 0.6) is 0 Å². The zero-order chi connectivity index (χ0) is 14.7. The number of nitrogens with zero attached hydrogens (tertiary/aromatic N) is 2. The Morgan fingerprint density at radius 3 is 2.95 bits per heavy atom. The van der Waals surface area contributed by atoms with Crippen molar-refractivity contribution in [2.24, 2.45) is 5.73 Å². The molecule has 1 atom stereocenters. The minimum absolute atomic E-state index is 0.0532. The number of aromatic nitrogens is 1. The number of hydrogen-bond acceptors (Lipinski definition) is 6. The van der Waals surface area contributed by atoms with E-state index in [2.05, 4.69) is 15.0 Å². The maximum absolute atomic E-state index is 11.4. The summed E-state index contributed by atoms with van der Waals surface area (Å²) in [5.41, 5.74) is 11.6. The second-order valence-corrected chi connectivity index (χ2v) is 4.57. The van der Waals surface area contributed by atoms with Crippen LogP contribution in [0.4, 0.5) is 16.3 Å². The Hall–Kier alpha value is -2.51. The number of rotatable bonds is 3. The Balaban J connectivity index is 2.14. The largest absolute Gasteiger partial charge is 0.453 e. The van der Waals surface area contributed by atoms with Crippen molar-refractivity contribution in [1.29, 1.82) is 0 Å². The fourth-order valence-corrected chi connectivity index (χ4v) is 2.20. The summed E-state index contributed by atoms with van der Waals surface area (Å²) in [6, 6.07) is 1.45. The standard InChI is InChI=1S/C12H17N5O3/c1-20-12(19)16-8-2-3-17(6-8)11-9(10(14)18)4-7(13)5-15-11/h4-5,8H,2-3,6,13H2,1H3,(H2,14,18)(H,16,19). The molecule has 108 valence electrons. The summed E-state index contributed by atoms with van der Waals surface area (Å²) in [5.74, 6) is -0.0926. The van der Waals surface area contributed by atoms with Gasteiger partial charge in [0.1, 0.15) is 5.82 Å². The number of pyridine rings is 1. The van der Waals surface area contributed by atoms with Gasteiger partial charge in [-0.3, -0.25) is 4.79 Å². The summed E-state index contributed by atoms with van der Waals surface area (Å²) in [6.07, 6.45) is 1.74. The lowest BCUT2D eigenvalue weighted by atomic mass is 10.2. The molecule has 1 aliphatic heterocycles. The molecule has 8 nitrogen and oxygen atoms in total. The van der Waals surface area contributed by atoms with E-state index in [4.69, 9.17) is 11.5 Å². The molecule has 1 unspecified atom stereocenters. The molecule has 2 amide bonds. The highest BCUT2D eigenvalue weighted by molar-refractivity contribution is 5.98. The normalized spacial score (nSPS) is 17.9. The molecular weight excluding hydrogens is 262 g/mol. The van der Waals surface area contributed by atoms with E-state index in [1.165, 1.54) is 19.4 Å². The summed E-state index contributed by atoms with van der Waals surface area (Å²) < 4.78 is 4.56. The van der Waals surface area contributed by atoms with Gasteiger partial charge in [0.15, 0.2) is 0 Å². The number of anilines is 2. The Labute approximate surface area is 116 Å². The average Bonchev–Trinajstić information content (AvgIpc) is 2.86. The maximum Gasteiger partial charge on any atom is 0.407 e. The lowest BCUT2D eigenvalue weighted by Gasteiger charge is -2.20. The van der Waals surface area contributed by atoms with Crippen LogP contribution in [0.2, 0.25) is 0 Å². The molecule has 8 heteroatoms. The molecule has 1 aromatic rings. The van der Waals surface area contributed by atoms with E-state index in [0.717, 1.165) is 6.42 Å². The molecule has 5 N–H and O–H groups in total. The van der Waals surface area contributed by atoms with Crippen molar-refractivity contribution in [3.63, 3.8) is 0 Å². The highest BCUT2D eigenvalue weighted by Gasteiger charge is 2.27. The van der Waals surface area contributed by atoms with Crippen molar-refractivity contribution in [2.45, 2.75) is 12.5 Å². The van der Waals surface area contributed by atoms with E-state index >= 15 is 0 Å². The van der Waals surface area contributed by atoms with Gasteiger partial charge in [-0.15, -0.1) is 0 Å². The second kappa shape index (κ2) is 5.64. The van der Waals surface area contributed by atoms with E-state index < -0.39 is 12.0 Å². The maximum atomic E-state index is 11.4. The van der Waals surface area contributed by atoms with Crippen LogP contribution in [-0.4, -0.2) is 43.2 Å². The van der Waals surface area contributed by atoms with Crippen molar-refractivity contribution in [1.82, 2.24) is 10.3 Å². The Bertz CT molecular complexity index is 534. The Morgan fingerprint density at radius 2 is 2.30 bits per heavy atom. The van der Waals surface area contributed by atoms with Crippen LogP contribution in [0, 0.1) is 0 Å². The summed E-state index contributed by atoms with van der Waals surface area (Å²) in [4.78, 5) is 28.7. The first-order valence-corrected chi connectivity index (χ1v) is 6.16. The lowest BCUT2D eigenvalue weighted by Crippen LogP contribution is -2.37. The van der Waals surface area contributed by atoms with Crippen LogP contribution in [0.25, 0.3) is 0 Å². The number of amides is 2. The highest BCUT2D eigenvalue weighted by Crippen LogP contribution is 2.23. The van der Waals surface area contributed by atoms with Crippen molar-refractivity contribution < 1.29 is 14.3 Å². The molecule has 1 aliphatic rings. The number of nitrogens with one attached hydrogen (secondary N) is 1. The molecule has 2 rings (SSSR count). The van der Waals surface area contributed by atoms with E-state index in [0.29, 0.717) is 24.6 Å². The molecule has 0 spiro atoms. The minimum Gasteiger partial charge on any atom is -0.453 e. The summed E-state index contributed by atoms with van der Waals surface area (Å²) >= 11 is 0. The van der Waals surface area contributed by atoms with E-state index in [1.807, 2.05) is 4.90 Å². The topological polar surface area (TPSA) is 124 Å². The second-order valence-electron chi connectivity index (χ2n) is 4.57. The van der Waals surface area contributed by atoms with Crippen molar-refractivity contribution in [2.75, 3.05) is 30.8 Å². The van der Waals surface area contributed by atoms with Crippen LogP contribution in [0.1, 0.15) is 16.8 Å². The molecule has 2 heterocycles. The third-order valence-corrected chi connectivity index (χ3v) is 3.15. The highest BCUT2D eigenvalue weighted by atomic mass is 16.5. The fraction of sp³-hybridized carbons (Fsp3) is 0.417. The van der Waals surface area contributed by atoms with Gasteiger partial charge < -0.3 is 26.4 Å². The van der Waals surface area contributed by atoms with Crippen LogP contribution < -0.4 is 21.7 Å². The molecule has 1 saturated heterocycles. The molecule has 1 fully saturated rings. The zero-order valence-corrected chi connectivity index (χ0v) is 11.1. The minimum atomic E-state index is -0.579. The third-order valence-electron chi connectivity index (χ3n) is 3.15. The first kappa shape index (κ1) is 13.9. The summed E-state index contributed by atoms with van der Waals surface area (Å²) in [6.45, 7) is 1.19. The van der Waals surface area contributed by atoms with Gasteiger partial charge >= 0.3 is 6.09 Å². The molecule has 1 aromatic heterocycles. The predicted octanol–water partition coefficient (Wildman–Crippen LogP) is -0.303. The number of alkyl carbamates (subject to hydrolysis) is 1. The van der Waals surface area contributed by atoms with Gasteiger partial charge in [0.25, 0.3) is 5.91 Å². The first-order chi connectivity index (χ1) is 9.51. The molecule has 0 aliphatic carbocycles. The quantitative estimate of drug-likeness (QED) is 0.697. The van der Waals surface area contributed by atoms with Gasteiger partial charge in [0.2, 0.25) is 0 Å². The van der Waals surface area contributed by atoms with Crippen molar-refractivity contribution >= 4 is 23.5 Å². The van der Waals surface area contributed by atoms with Gasteiger partial charge in [0.05, 0.1) is 30.6 Å². The number of nitrogens with two attached hydrogens (primary N) is 2. The van der Waals surface area contributed by atoms with E-state index in [9.17, 15) is 9.59 Å². The Kier molecular flexibility index (Phi) is 3.92. The molecule has 0 bridgehead atoms. The summed E-state index contributed by atoms with van der Waals surface area (Å²) in [7, 11) is 1.31. The van der Waals surface area contributed by atoms with Crippen molar-refractivity contribution in [3.8, 4) is 0 Å². The number of methoxy groups -OCH3 is 1.